The molecule has 0 bridgehead atoms. The van der Waals surface area contributed by atoms with Crippen LogP contribution in [0.1, 0.15) is 6.92 Å². The van der Waals surface area contributed by atoms with Gasteiger partial charge in [-0.25, -0.2) is 0 Å². The number of rotatable bonds is 5. The molecule has 0 saturated heterocycles. The Kier molecular flexibility index (Phi) is 4.17. The molecular weight excluding hydrogens is 230 g/mol. The van der Waals surface area contributed by atoms with Gasteiger partial charge in [-0.3, -0.25) is 0 Å². The van der Waals surface area contributed by atoms with Crippen LogP contribution in [0.3, 0.4) is 0 Å². The maximum absolute atomic E-state index is 11.8. The molecule has 0 aliphatic heterocycles. The van der Waals surface area contributed by atoms with E-state index in [1.807, 2.05) is 19.1 Å². The molecule has 0 aromatic heterocycles. The van der Waals surface area contributed by atoms with E-state index in [2.05, 4.69) is 0 Å². The summed E-state index contributed by atoms with van der Waals surface area (Å²) >= 11 is 0. The zero-order chi connectivity index (χ0) is 12.8. The maximum Gasteiger partial charge on any atom is 0.194 e. The summed E-state index contributed by atoms with van der Waals surface area (Å²) in [5, 5.41) is 11.4. The molecule has 0 spiro atoms. The Morgan fingerprint density at radius 3 is 2.44 bits per heavy atom. The van der Waals surface area contributed by atoms with Crippen LogP contribution in [0, 0.1) is 5.21 Å². The van der Waals surface area contributed by atoms with Crippen LogP contribution in [0.25, 0.3) is 0 Å². The van der Waals surface area contributed by atoms with Crippen LogP contribution >= 0.6 is 0 Å². The summed E-state index contributed by atoms with van der Waals surface area (Å²) < 4.78 is 5.34. The van der Waals surface area contributed by atoms with Crippen molar-refractivity contribution < 1.29 is 14.8 Å². The third-order valence-corrected chi connectivity index (χ3v) is 2.34. The monoisotopic (exact) mass is 245 g/mol. The van der Waals surface area contributed by atoms with Crippen molar-refractivity contribution in [2.45, 2.75) is 6.92 Å². The number of benzene rings is 2. The van der Waals surface area contributed by atoms with Gasteiger partial charge in [-0.15, -0.1) is 5.23 Å². The van der Waals surface area contributed by atoms with Crippen molar-refractivity contribution in [1.29, 1.82) is 0 Å². The first-order valence-corrected chi connectivity index (χ1v) is 5.79. The van der Waals surface area contributed by atoms with Gasteiger partial charge >= 0.3 is 0 Å². The molecule has 4 heteroatoms. The van der Waals surface area contributed by atoms with Crippen LogP contribution in [-0.2, 0) is 0 Å². The lowest BCUT2D eigenvalue weighted by Gasteiger charge is -2.19. The molecule has 18 heavy (non-hydrogen) atoms. The fraction of sp³-hybridized carbons (Fsp3) is 0.143. The first-order valence-electron chi connectivity index (χ1n) is 5.79. The highest BCUT2D eigenvalue weighted by molar-refractivity contribution is 5.33. The van der Waals surface area contributed by atoms with E-state index in [0.29, 0.717) is 23.8 Å². The van der Waals surface area contributed by atoms with Crippen molar-refractivity contribution in [2.75, 3.05) is 6.61 Å². The molecule has 1 atom stereocenters. The summed E-state index contributed by atoms with van der Waals surface area (Å²) in [5.74, 6) is 1.17. The molecule has 0 amide bonds. The largest absolute Gasteiger partial charge is 0.585 e. The van der Waals surface area contributed by atoms with Gasteiger partial charge in [0.05, 0.1) is 6.61 Å². The Morgan fingerprint density at radius 2 is 1.72 bits per heavy atom. The average molecular weight is 245 g/mol. The van der Waals surface area contributed by atoms with E-state index in [4.69, 9.17) is 9.57 Å². The van der Waals surface area contributed by atoms with Gasteiger partial charge in [-0.1, -0.05) is 24.3 Å². The van der Waals surface area contributed by atoms with Crippen LogP contribution < -0.4 is 14.8 Å². The summed E-state index contributed by atoms with van der Waals surface area (Å²) in [6.45, 7) is 2.48. The Labute approximate surface area is 106 Å². The van der Waals surface area contributed by atoms with E-state index in [1.54, 1.807) is 42.5 Å². The molecule has 2 aromatic rings. The van der Waals surface area contributed by atoms with Crippen molar-refractivity contribution >= 4 is 5.69 Å². The number of hydrogen-bond donors (Lipinski definition) is 1. The van der Waals surface area contributed by atoms with Crippen molar-refractivity contribution in [3.8, 4) is 11.5 Å². The lowest BCUT2D eigenvalue weighted by molar-refractivity contribution is -0.963. The molecule has 0 fully saturated rings. The van der Waals surface area contributed by atoms with Gasteiger partial charge in [-0.2, -0.15) is 0 Å². The van der Waals surface area contributed by atoms with E-state index in [1.165, 1.54) is 0 Å². The molecular formula is C14H15NO3. The average Bonchev–Trinajstić information content (AvgIpc) is 2.40. The summed E-state index contributed by atoms with van der Waals surface area (Å²) in [4.78, 5) is 5.27. The Morgan fingerprint density at radius 1 is 1.00 bits per heavy atom. The molecule has 4 nitrogen and oxygen atoms in total. The molecule has 0 saturated carbocycles. The van der Waals surface area contributed by atoms with Gasteiger partial charge in [0.1, 0.15) is 5.75 Å². The quantitative estimate of drug-likeness (QED) is 0.820. The van der Waals surface area contributed by atoms with Crippen LogP contribution in [0.2, 0.25) is 0 Å². The van der Waals surface area contributed by atoms with Gasteiger partial charge < -0.3 is 14.8 Å². The molecule has 0 aliphatic rings. The topological polar surface area (TPSA) is 46.0 Å². The number of nitrogens with one attached hydrogen (secondary N) is 1. The Hall–Kier alpha value is -2.04. The van der Waals surface area contributed by atoms with E-state index in [9.17, 15) is 5.21 Å². The molecule has 1 N–H and O–H groups in total. The summed E-state index contributed by atoms with van der Waals surface area (Å²) in [5.41, 5.74) is 0.527. The van der Waals surface area contributed by atoms with Crippen LogP contribution in [-0.4, -0.2) is 6.61 Å². The standard InChI is InChI=1S/C14H15NO3/c1-2-17-13-9-6-10-14(11-13)18-15(16)12-7-4-3-5-8-12/h3-11,15H,2H2,1H3. The van der Waals surface area contributed by atoms with Gasteiger partial charge in [0.15, 0.2) is 11.4 Å². The second kappa shape index (κ2) is 6.05. The van der Waals surface area contributed by atoms with Crippen molar-refractivity contribution in [3.05, 3.63) is 59.8 Å². The predicted molar refractivity (Wildman–Crippen MR) is 68.7 cm³/mol. The Bertz CT molecular complexity index is 487. The van der Waals surface area contributed by atoms with E-state index >= 15 is 0 Å². The lowest BCUT2D eigenvalue weighted by Crippen LogP contribution is -3.04. The normalized spacial score (nSPS) is 11.9. The predicted octanol–water partition coefficient (Wildman–Crippen LogP) is 2.09. The molecule has 2 aromatic carbocycles. The SMILES string of the molecule is CCOc1cccc(O[NH+]([O-])c2ccccc2)c1. The molecule has 0 radical (unpaired) electrons. The molecule has 94 valence electrons. The summed E-state index contributed by atoms with van der Waals surface area (Å²) in [6, 6.07) is 15.9. The van der Waals surface area contributed by atoms with Gasteiger partial charge in [0, 0.05) is 18.2 Å². The van der Waals surface area contributed by atoms with Crippen LogP contribution in [0.5, 0.6) is 11.5 Å². The fourth-order valence-corrected chi connectivity index (χ4v) is 1.53. The van der Waals surface area contributed by atoms with Gasteiger partial charge in [0.2, 0.25) is 0 Å². The van der Waals surface area contributed by atoms with Crippen molar-refractivity contribution in [1.82, 2.24) is 0 Å². The lowest BCUT2D eigenvalue weighted by atomic mass is 10.3. The van der Waals surface area contributed by atoms with E-state index in [0.717, 1.165) is 0 Å². The highest BCUT2D eigenvalue weighted by Crippen LogP contribution is 2.18. The van der Waals surface area contributed by atoms with Gasteiger partial charge in [-0.05, 0) is 19.1 Å². The molecule has 0 heterocycles. The molecule has 2 rings (SSSR count). The minimum Gasteiger partial charge on any atom is -0.585 e. The summed E-state index contributed by atoms with van der Waals surface area (Å²) in [6.07, 6.45) is 0. The molecule has 1 unspecified atom stereocenters. The second-order valence-electron chi connectivity index (χ2n) is 3.66. The first kappa shape index (κ1) is 12.4. The maximum atomic E-state index is 11.8. The van der Waals surface area contributed by atoms with Gasteiger partial charge in [0.25, 0.3) is 0 Å². The van der Waals surface area contributed by atoms with Crippen LogP contribution in [0.4, 0.5) is 5.69 Å². The number of quaternary nitrogens is 1. The Balaban J connectivity index is 2.07. The van der Waals surface area contributed by atoms with Crippen molar-refractivity contribution in [3.63, 3.8) is 0 Å². The fourth-order valence-electron chi connectivity index (χ4n) is 1.53. The second-order valence-corrected chi connectivity index (χ2v) is 3.66. The summed E-state index contributed by atoms with van der Waals surface area (Å²) in [7, 11) is 0. The third-order valence-electron chi connectivity index (χ3n) is 2.34. The third kappa shape index (κ3) is 3.23. The minimum absolute atomic E-state index is 0.371. The van der Waals surface area contributed by atoms with Crippen LogP contribution in [0.15, 0.2) is 54.6 Å². The van der Waals surface area contributed by atoms with E-state index in [-0.39, 0.29) is 5.23 Å². The zero-order valence-corrected chi connectivity index (χ0v) is 10.1. The highest BCUT2D eigenvalue weighted by Gasteiger charge is 2.05. The number of hydrogen-bond acceptors (Lipinski definition) is 3. The minimum atomic E-state index is -0.371. The first-order chi connectivity index (χ1) is 8.79. The van der Waals surface area contributed by atoms with E-state index < -0.39 is 0 Å². The van der Waals surface area contributed by atoms with Crippen molar-refractivity contribution in [2.24, 2.45) is 0 Å². The number of ether oxygens (including phenoxy) is 1. The molecule has 0 aliphatic carbocycles. The smallest absolute Gasteiger partial charge is 0.194 e. The highest BCUT2D eigenvalue weighted by atomic mass is 16.9. The zero-order valence-electron chi connectivity index (χ0n) is 10.1.